The van der Waals surface area contributed by atoms with E-state index in [-0.39, 0.29) is 31.5 Å². The molecule has 1 atom stereocenters. The van der Waals surface area contributed by atoms with Gasteiger partial charge in [0.25, 0.3) is 0 Å². The molecule has 0 unspecified atom stereocenters. The third-order valence-corrected chi connectivity index (χ3v) is 5.53. The van der Waals surface area contributed by atoms with Crippen LogP contribution in [0.2, 0.25) is 0 Å². The molecule has 176 valence electrons. The van der Waals surface area contributed by atoms with Gasteiger partial charge in [-0.1, -0.05) is 30.3 Å². The molecule has 0 spiro atoms. The molecule has 2 rings (SSSR count). The van der Waals surface area contributed by atoms with E-state index in [2.05, 4.69) is 26.8 Å². The first-order valence-corrected chi connectivity index (χ1v) is 11.0. The average Bonchev–Trinajstić information content (AvgIpc) is 2.82. The summed E-state index contributed by atoms with van der Waals surface area (Å²) in [6.07, 6.45) is 4.12. The molecule has 1 aromatic carbocycles. The lowest BCUT2D eigenvalue weighted by Gasteiger charge is -2.29. The van der Waals surface area contributed by atoms with Gasteiger partial charge in [0.2, 0.25) is 23.4 Å². The summed E-state index contributed by atoms with van der Waals surface area (Å²) in [6, 6.07) is 8.97. The zero-order valence-electron chi connectivity index (χ0n) is 18.5. The highest BCUT2D eigenvalue weighted by molar-refractivity contribution is 6.40. The highest BCUT2D eigenvalue weighted by Crippen LogP contribution is 2.18. The highest BCUT2D eigenvalue weighted by Gasteiger charge is 2.26. The minimum atomic E-state index is -0.890. The Labute approximate surface area is 188 Å². The van der Waals surface area contributed by atoms with Crippen molar-refractivity contribution in [3.63, 3.8) is 0 Å². The quantitative estimate of drug-likeness (QED) is 0.159. The molecule has 0 radical (unpaired) electrons. The van der Waals surface area contributed by atoms with Crippen LogP contribution < -0.4 is 32.5 Å². The Balaban J connectivity index is 1.86. The second kappa shape index (κ2) is 13.7. The predicted molar refractivity (Wildman–Crippen MR) is 120 cm³/mol. The van der Waals surface area contributed by atoms with Gasteiger partial charge in [0, 0.05) is 12.1 Å². The zero-order chi connectivity index (χ0) is 23.3. The zero-order valence-corrected chi connectivity index (χ0v) is 18.5. The van der Waals surface area contributed by atoms with Crippen LogP contribution in [0, 0.1) is 0 Å². The summed E-state index contributed by atoms with van der Waals surface area (Å²) in [6.45, 7) is -0.722. The van der Waals surface area contributed by atoms with E-state index in [0.717, 1.165) is 31.2 Å². The molecule has 10 nitrogen and oxygen atoms in total. The van der Waals surface area contributed by atoms with Crippen molar-refractivity contribution in [2.24, 2.45) is 5.73 Å². The van der Waals surface area contributed by atoms with Gasteiger partial charge in [0.1, 0.15) is 0 Å². The maximum absolute atomic E-state index is 12.7. The fourth-order valence-corrected chi connectivity index (χ4v) is 3.65. The number of nitrogens with two attached hydrogens (primary N) is 1. The highest BCUT2D eigenvalue weighted by atomic mass is 16.2. The molecule has 32 heavy (non-hydrogen) atoms. The van der Waals surface area contributed by atoms with Crippen molar-refractivity contribution in [3.05, 3.63) is 35.9 Å². The fraction of sp³-hybridized carbons (Fsp3) is 0.545. The monoisotopic (exact) mass is 446 g/mol. The summed E-state index contributed by atoms with van der Waals surface area (Å²) in [7, 11) is 1.95. The van der Waals surface area contributed by atoms with Crippen molar-refractivity contribution in [2.45, 2.75) is 50.2 Å². The number of hydrogen-bond acceptors (Lipinski definition) is 8. The first-order valence-electron chi connectivity index (χ1n) is 11.0. The van der Waals surface area contributed by atoms with E-state index in [9.17, 15) is 19.2 Å². The van der Waals surface area contributed by atoms with Gasteiger partial charge in [0.15, 0.2) is 0 Å². The maximum Gasteiger partial charge on any atom is 0.235 e. The second-order valence-corrected chi connectivity index (χ2v) is 7.91. The van der Waals surface area contributed by atoms with Gasteiger partial charge in [-0.15, -0.1) is 0 Å². The maximum atomic E-state index is 12.7. The molecule has 0 bridgehead atoms. The molecule has 1 aromatic rings. The van der Waals surface area contributed by atoms with Gasteiger partial charge in [-0.2, -0.15) is 0 Å². The number of rotatable bonds is 13. The van der Waals surface area contributed by atoms with Gasteiger partial charge < -0.3 is 21.7 Å². The van der Waals surface area contributed by atoms with E-state index in [0.29, 0.717) is 6.04 Å². The van der Waals surface area contributed by atoms with Gasteiger partial charge in [-0.3, -0.25) is 19.2 Å². The summed E-state index contributed by atoms with van der Waals surface area (Å²) in [4.78, 5) is 48.5. The van der Waals surface area contributed by atoms with E-state index in [4.69, 9.17) is 5.73 Å². The summed E-state index contributed by atoms with van der Waals surface area (Å²) in [5, 5.41) is 8.56. The molecule has 1 aliphatic carbocycles. The van der Waals surface area contributed by atoms with Crippen molar-refractivity contribution in [3.8, 4) is 0 Å². The number of Topliss-reactive ketones (excluding diaryl/α,β-unsaturated/α-hetero) is 2. The summed E-state index contributed by atoms with van der Waals surface area (Å²) in [5.41, 5.74) is 11.6. The number of carbonyl (C=O) groups is 4. The summed E-state index contributed by atoms with van der Waals surface area (Å²) >= 11 is 0. The van der Waals surface area contributed by atoms with Crippen LogP contribution in [0.1, 0.15) is 31.2 Å². The van der Waals surface area contributed by atoms with Gasteiger partial charge in [-0.05, 0) is 44.7 Å². The average molecular weight is 447 g/mol. The molecule has 2 amide bonds. The Bertz CT molecular complexity index is 765. The standard InChI is InChI=1S/C22H34N6O4/c1-24-16-7-9-17(10-8-16)27-21(31)14-26-28-18(11-15-5-3-2-4-6-15)22(32)19(29)13-25-20(30)12-23/h2-6,16-18,24,26,28H,7-14,23H2,1H3,(H,25,30)(H,27,31)/t16-,17-,18-/m0/s1. The van der Waals surface area contributed by atoms with E-state index in [1.165, 1.54) is 0 Å². The number of amides is 2. The number of benzene rings is 1. The molecule has 7 N–H and O–H groups in total. The molecule has 10 heteroatoms. The Morgan fingerprint density at radius 3 is 2.25 bits per heavy atom. The van der Waals surface area contributed by atoms with Crippen LogP contribution in [0.3, 0.4) is 0 Å². The van der Waals surface area contributed by atoms with E-state index in [1.54, 1.807) is 0 Å². The van der Waals surface area contributed by atoms with Crippen LogP contribution in [-0.2, 0) is 25.6 Å². The molecule has 0 aromatic heterocycles. The van der Waals surface area contributed by atoms with Crippen molar-refractivity contribution in [1.29, 1.82) is 0 Å². The van der Waals surface area contributed by atoms with Crippen LogP contribution in [-0.4, -0.2) is 68.2 Å². The lowest BCUT2D eigenvalue weighted by Crippen LogP contribution is -2.53. The van der Waals surface area contributed by atoms with Crippen molar-refractivity contribution in [1.82, 2.24) is 26.8 Å². The van der Waals surface area contributed by atoms with E-state index >= 15 is 0 Å². The largest absolute Gasteiger partial charge is 0.352 e. The first-order chi connectivity index (χ1) is 15.4. The van der Waals surface area contributed by atoms with Crippen molar-refractivity contribution >= 4 is 23.4 Å². The number of carbonyl (C=O) groups excluding carboxylic acids is 4. The molecule has 0 saturated heterocycles. The third-order valence-electron chi connectivity index (χ3n) is 5.53. The van der Waals surface area contributed by atoms with E-state index in [1.807, 2.05) is 37.4 Å². The number of ketones is 2. The first kappa shape index (κ1) is 25.6. The Kier molecular flexibility index (Phi) is 10.9. The lowest BCUT2D eigenvalue weighted by atomic mass is 9.91. The van der Waals surface area contributed by atoms with Crippen LogP contribution in [0.15, 0.2) is 30.3 Å². The normalized spacial score (nSPS) is 19.1. The van der Waals surface area contributed by atoms with Crippen LogP contribution in [0.25, 0.3) is 0 Å². The van der Waals surface area contributed by atoms with Crippen LogP contribution in [0.5, 0.6) is 0 Å². The molecular formula is C22H34N6O4. The minimum absolute atomic E-state index is 0.0391. The SMILES string of the molecule is CN[C@H]1CC[C@H](NC(=O)CNN[C@@H](Cc2ccccc2)C(=O)C(=O)CNC(=O)CN)CC1. The topological polar surface area (TPSA) is 154 Å². The minimum Gasteiger partial charge on any atom is -0.352 e. The third kappa shape index (κ3) is 8.83. The predicted octanol–water partition coefficient (Wildman–Crippen LogP) is -1.45. The number of nitrogens with one attached hydrogen (secondary N) is 5. The Hall–Kier alpha value is -2.66. The Morgan fingerprint density at radius 1 is 0.969 bits per heavy atom. The molecular weight excluding hydrogens is 412 g/mol. The molecule has 1 aliphatic rings. The molecule has 0 heterocycles. The Morgan fingerprint density at radius 2 is 1.62 bits per heavy atom. The molecule has 0 aliphatic heterocycles. The van der Waals surface area contributed by atoms with Gasteiger partial charge >= 0.3 is 0 Å². The second-order valence-electron chi connectivity index (χ2n) is 7.91. The fourth-order valence-electron chi connectivity index (χ4n) is 3.65. The molecule has 1 fully saturated rings. The lowest BCUT2D eigenvalue weighted by molar-refractivity contribution is -0.138. The van der Waals surface area contributed by atoms with Crippen molar-refractivity contribution < 1.29 is 19.2 Å². The number of hydrazine groups is 1. The van der Waals surface area contributed by atoms with Crippen LogP contribution >= 0.6 is 0 Å². The van der Waals surface area contributed by atoms with Gasteiger partial charge in [-0.25, -0.2) is 10.9 Å². The van der Waals surface area contributed by atoms with Crippen molar-refractivity contribution in [2.75, 3.05) is 26.7 Å². The number of hydrogen-bond donors (Lipinski definition) is 6. The smallest absolute Gasteiger partial charge is 0.235 e. The summed E-state index contributed by atoms with van der Waals surface area (Å²) < 4.78 is 0. The molecule has 1 saturated carbocycles. The summed E-state index contributed by atoms with van der Waals surface area (Å²) in [5.74, 6) is -2.13. The van der Waals surface area contributed by atoms with E-state index < -0.39 is 30.1 Å². The van der Waals surface area contributed by atoms with Crippen LogP contribution in [0.4, 0.5) is 0 Å². The van der Waals surface area contributed by atoms with Gasteiger partial charge in [0.05, 0.1) is 25.7 Å².